The first-order valence-electron chi connectivity index (χ1n) is 6.91. The molecular formula is C15H21F3N2O2. The third-order valence-electron chi connectivity index (χ3n) is 3.34. The molecule has 7 heteroatoms. The van der Waals surface area contributed by atoms with Crippen LogP contribution in [-0.2, 0) is 0 Å². The predicted octanol–water partition coefficient (Wildman–Crippen LogP) is 2.66. The van der Waals surface area contributed by atoms with Crippen LogP contribution in [0.25, 0.3) is 0 Å². The largest absolute Gasteiger partial charge is 0.416 e. The zero-order valence-corrected chi connectivity index (χ0v) is 12.8. The summed E-state index contributed by atoms with van der Waals surface area (Å²) in [4.78, 5) is 12.6. The number of halogens is 3. The fourth-order valence-corrected chi connectivity index (χ4v) is 1.92. The molecule has 0 bridgehead atoms. The first-order valence-corrected chi connectivity index (χ1v) is 6.91. The number of urea groups is 1. The molecular weight excluding hydrogens is 297 g/mol. The van der Waals surface area contributed by atoms with Crippen LogP contribution in [0.2, 0.25) is 0 Å². The Bertz CT molecular complexity index is 506. The molecule has 0 spiro atoms. The Morgan fingerprint density at radius 1 is 1.41 bits per heavy atom. The van der Waals surface area contributed by atoms with Crippen LogP contribution in [0.1, 0.15) is 24.0 Å². The maximum Gasteiger partial charge on any atom is 0.416 e. The van der Waals surface area contributed by atoms with Crippen LogP contribution >= 0.6 is 0 Å². The van der Waals surface area contributed by atoms with Crippen LogP contribution in [0.15, 0.2) is 24.3 Å². The van der Waals surface area contributed by atoms with Crippen LogP contribution in [0.3, 0.4) is 0 Å². The third-order valence-corrected chi connectivity index (χ3v) is 3.34. The number of hydrogen-bond donors (Lipinski definition) is 2. The monoisotopic (exact) mass is 318 g/mol. The zero-order valence-electron chi connectivity index (χ0n) is 12.8. The Hall–Kier alpha value is -1.76. The van der Waals surface area contributed by atoms with Crippen molar-refractivity contribution in [1.82, 2.24) is 10.2 Å². The summed E-state index contributed by atoms with van der Waals surface area (Å²) in [5.74, 6) is 0.0322. The van der Waals surface area contributed by atoms with E-state index in [0.717, 1.165) is 16.0 Å². The minimum atomic E-state index is -4.73. The van der Waals surface area contributed by atoms with Crippen molar-refractivity contribution < 1.29 is 23.1 Å². The van der Waals surface area contributed by atoms with Crippen molar-refractivity contribution in [3.63, 3.8) is 0 Å². The molecule has 0 saturated heterocycles. The summed E-state index contributed by atoms with van der Waals surface area (Å²) in [5, 5.41) is 11.5. The molecule has 0 fully saturated rings. The molecule has 2 amide bonds. The Morgan fingerprint density at radius 3 is 2.59 bits per heavy atom. The van der Waals surface area contributed by atoms with Crippen molar-refractivity contribution in [1.29, 1.82) is 0 Å². The number of aryl methyl sites for hydroxylation is 1. The van der Waals surface area contributed by atoms with Gasteiger partial charge in [0.25, 0.3) is 0 Å². The van der Waals surface area contributed by atoms with E-state index in [4.69, 9.17) is 5.11 Å². The van der Waals surface area contributed by atoms with Gasteiger partial charge in [-0.15, -0.1) is 0 Å². The maximum atomic E-state index is 12.2. The van der Waals surface area contributed by atoms with E-state index in [1.54, 1.807) is 0 Å². The van der Waals surface area contributed by atoms with Crippen LogP contribution in [0.4, 0.5) is 18.0 Å². The molecule has 0 radical (unpaired) electrons. The molecule has 1 rings (SSSR count). The average Bonchev–Trinajstić information content (AvgIpc) is 2.43. The molecule has 2 atom stereocenters. The highest BCUT2D eigenvalue weighted by Crippen LogP contribution is 2.20. The lowest BCUT2D eigenvalue weighted by Crippen LogP contribution is -2.46. The quantitative estimate of drug-likeness (QED) is 0.877. The number of benzene rings is 1. The molecule has 0 aliphatic rings. The number of hydrogen-bond acceptors (Lipinski definition) is 2. The van der Waals surface area contributed by atoms with Crippen molar-refractivity contribution in [2.24, 2.45) is 0 Å². The summed E-state index contributed by atoms with van der Waals surface area (Å²) in [5.41, 5.74) is 2.14. The van der Waals surface area contributed by atoms with Gasteiger partial charge in [0.2, 0.25) is 0 Å². The Kier molecular flexibility index (Phi) is 6.22. The maximum absolute atomic E-state index is 12.2. The second kappa shape index (κ2) is 7.49. The van der Waals surface area contributed by atoms with Gasteiger partial charge in [-0.05, 0) is 18.4 Å². The first-order chi connectivity index (χ1) is 10.1. The molecule has 124 valence electrons. The number of amides is 2. The van der Waals surface area contributed by atoms with Crippen LogP contribution in [-0.4, -0.2) is 48.5 Å². The Balaban J connectivity index is 2.48. The van der Waals surface area contributed by atoms with Gasteiger partial charge in [-0.3, -0.25) is 0 Å². The van der Waals surface area contributed by atoms with E-state index in [1.807, 2.05) is 38.1 Å². The van der Waals surface area contributed by atoms with Gasteiger partial charge in [-0.25, -0.2) is 4.79 Å². The average molecular weight is 318 g/mol. The van der Waals surface area contributed by atoms with Gasteiger partial charge in [-0.1, -0.05) is 36.8 Å². The number of aliphatic hydroxyl groups excluding tert-OH is 1. The first kappa shape index (κ1) is 18.3. The van der Waals surface area contributed by atoms with Gasteiger partial charge in [0.05, 0.1) is 6.54 Å². The number of aliphatic hydroxyl groups is 1. The highest BCUT2D eigenvalue weighted by atomic mass is 19.4. The van der Waals surface area contributed by atoms with Crippen LogP contribution in [0.5, 0.6) is 0 Å². The lowest BCUT2D eigenvalue weighted by molar-refractivity contribution is -0.205. The SMILES string of the molecule is Cc1cccc([C@@H](C)CNC(=O)N(C)C[C@@H](O)C(F)(F)F)c1. The van der Waals surface area contributed by atoms with Crippen molar-refractivity contribution >= 4 is 6.03 Å². The smallest absolute Gasteiger partial charge is 0.382 e. The number of rotatable bonds is 5. The second-order valence-corrected chi connectivity index (χ2v) is 5.44. The van der Waals surface area contributed by atoms with Gasteiger partial charge in [0.15, 0.2) is 6.10 Å². The standard InChI is InChI=1S/C15H21F3N2O2/c1-10-5-4-6-12(7-10)11(2)8-19-14(22)20(3)9-13(21)15(16,17)18/h4-7,11,13,21H,8-9H2,1-3H3,(H,19,22)/t11-,13+/m0/s1. The van der Waals surface area contributed by atoms with Crippen molar-refractivity contribution in [3.05, 3.63) is 35.4 Å². The molecule has 1 aromatic carbocycles. The molecule has 2 N–H and O–H groups in total. The Labute approximate surface area is 127 Å². The number of likely N-dealkylation sites (N-methyl/N-ethyl adjacent to an activating group) is 1. The minimum absolute atomic E-state index is 0.0322. The molecule has 22 heavy (non-hydrogen) atoms. The minimum Gasteiger partial charge on any atom is -0.382 e. The fourth-order valence-electron chi connectivity index (χ4n) is 1.92. The summed E-state index contributed by atoms with van der Waals surface area (Å²) in [6.45, 7) is 3.38. The number of nitrogens with one attached hydrogen (secondary N) is 1. The van der Waals surface area contributed by atoms with E-state index in [1.165, 1.54) is 7.05 Å². The topological polar surface area (TPSA) is 52.6 Å². The normalized spacial score (nSPS) is 14.3. The van der Waals surface area contributed by atoms with Gasteiger partial charge in [0, 0.05) is 13.6 Å². The van der Waals surface area contributed by atoms with Gasteiger partial charge in [-0.2, -0.15) is 13.2 Å². The number of carbonyl (C=O) groups is 1. The summed E-state index contributed by atoms with van der Waals surface area (Å²) in [6.07, 6.45) is -7.28. The predicted molar refractivity (Wildman–Crippen MR) is 77.7 cm³/mol. The van der Waals surface area contributed by atoms with Crippen molar-refractivity contribution in [3.8, 4) is 0 Å². The molecule has 0 aromatic heterocycles. The number of alkyl halides is 3. The second-order valence-electron chi connectivity index (χ2n) is 5.44. The van der Waals surface area contributed by atoms with Gasteiger partial charge >= 0.3 is 12.2 Å². The van der Waals surface area contributed by atoms with Crippen molar-refractivity contribution in [2.75, 3.05) is 20.1 Å². The lowest BCUT2D eigenvalue weighted by atomic mass is 9.99. The molecule has 0 unspecified atom stereocenters. The van der Waals surface area contributed by atoms with E-state index in [0.29, 0.717) is 6.54 Å². The van der Waals surface area contributed by atoms with E-state index in [2.05, 4.69) is 5.32 Å². The summed E-state index contributed by atoms with van der Waals surface area (Å²) < 4.78 is 36.7. The van der Waals surface area contributed by atoms with E-state index < -0.39 is 24.9 Å². The molecule has 1 aromatic rings. The molecule has 0 saturated carbocycles. The summed E-state index contributed by atoms with van der Waals surface area (Å²) in [7, 11) is 1.21. The molecule has 0 aliphatic heterocycles. The third kappa shape index (κ3) is 5.55. The number of nitrogens with zero attached hydrogens (tertiary/aromatic N) is 1. The molecule has 0 heterocycles. The molecule has 0 aliphatic carbocycles. The fraction of sp³-hybridized carbons (Fsp3) is 0.533. The summed E-state index contributed by atoms with van der Waals surface area (Å²) in [6, 6.07) is 7.15. The summed E-state index contributed by atoms with van der Waals surface area (Å²) >= 11 is 0. The Morgan fingerprint density at radius 2 is 2.05 bits per heavy atom. The van der Waals surface area contributed by atoms with E-state index in [9.17, 15) is 18.0 Å². The number of carbonyl (C=O) groups excluding carboxylic acids is 1. The van der Waals surface area contributed by atoms with E-state index in [-0.39, 0.29) is 5.92 Å². The van der Waals surface area contributed by atoms with Crippen molar-refractivity contribution in [2.45, 2.75) is 32.0 Å². The van der Waals surface area contributed by atoms with Gasteiger partial charge < -0.3 is 15.3 Å². The molecule has 4 nitrogen and oxygen atoms in total. The lowest BCUT2D eigenvalue weighted by Gasteiger charge is -2.23. The van der Waals surface area contributed by atoms with E-state index >= 15 is 0 Å². The highest BCUT2D eigenvalue weighted by Gasteiger charge is 2.39. The van der Waals surface area contributed by atoms with Crippen LogP contribution < -0.4 is 5.32 Å². The van der Waals surface area contributed by atoms with Crippen LogP contribution in [0, 0.1) is 6.92 Å². The highest BCUT2D eigenvalue weighted by molar-refractivity contribution is 5.73. The van der Waals surface area contributed by atoms with Gasteiger partial charge in [0.1, 0.15) is 0 Å². The zero-order chi connectivity index (χ0) is 16.9.